The largest absolute Gasteiger partial charge is 0.496 e. The number of hydrogen-bond donors (Lipinski definition) is 0. The van der Waals surface area contributed by atoms with Gasteiger partial charge in [-0.25, -0.2) is 0 Å². The van der Waals surface area contributed by atoms with Crippen LogP contribution in [0.5, 0.6) is 23.0 Å². The number of rotatable bonds is 4. The molecule has 3 aliphatic carbocycles. The van der Waals surface area contributed by atoms with Crippen LogP contribution >= 0.6 is 0 Å². The fraction of sp³-hybridized carbons (Fsp3) is 0.613. The minimum Gasteiger partial charge on any atom is -0.496 e. The molecule has 9 rings (SSSR count). The summed E-state index contributed by atoms with van der Waals surface area (Å²) in [4.78, 5) is 0. The van der Waals surface area contributed by atoms with Gasteiger partial charge in [0.2, 0.25) is 0 Å². The van der Waals surface area contributed by atoms with E-state index in [2.05, 4.69) is 132 Å². The van der Waals surface area contributed by atoms with Crippen LogP contribution in [0.1, 0.15) is 238 Å². The van der Waals surface area contributed by atoms with E-state index in [1.165, 1.54) is 22.3 Å². The normalized spacial score (nSPS) is 23.3. The van der Waals surface area contributed by atoms with Gasteiger partial charge in [0, 0.05) is 60.8 Å². The molecule has 4 aromatic rings. The number of methoxy groups -OCH3 is 4. The highest BCUT2D eigenvalue weighted by molar-refractivity contribution is 5.59. The van der Waals surface area contributed by atoms with E-state index < -0.39 is 36.0 Å². The van der Waals surface area contributed by atoms with Crippen molar-refractivity contribution in [3.8, 4) is 23.0 Å². The Morgan fingerprint density at radius 3 is 0.743 bits per heavy atom. The Morgan fingerprint density at radius 1 is 0.343 bits per heavy atom. The Kier molecular flexibility index (Phi) is 13.4. The van der Waals surface area contributed by atoms with E-state index in [1.54, 1.807) is 0 Å². The van der Waals surface area contributed by atoms with Gasteiger partial charge in [0.1, 0.15) is 47.4 Å². The lowest BCUT2D eigenvalue weighted by Crippen LogP contribution is -2.32. The highest BCUT2D eigenvalue weighted by atomic mass is 16.8. The lowest BCUT2D eigenvalue weighted by Gasteiger charge is -2.32. The Labute approximate surface area is 420 Å². The van der Waals surface area contributed by atoms with E-state index in [0.29, 0.717) is 12.8 Å². The summed E-state index contributed by atoms with van der Waals surface area (Å²) < 4.78 is 57.1. The lowest BCUT2D eigenvalue weighted by molar-refractivity contribution is -0.195. The molecular weight excluding hydrogens is 873 g/mol. The van der Waals surface area contributed by atoms with Crippen molar-refractivity contribution in [2.45, 2.75) is 218 Å². The highest BCUT2D eigenvalue weighted by Crippen LogP contribution is 2.60. The molecule has 5 aliphatic rings. The Morgan fingerprint density at radius 2 is 0.557 bits per heavy atom. The molecule has 2 saturated heterocycles. The van der Waals surface area contributed by atoms with E-state index >= 15 is 0 Å². The summed E-state index contributed by atoms with van der Waals surface area (Å²) in [6.07, 6.45) is 8.94. The van der Waals surface area contributed by atoms with Crippen molar-refractivity contribution in [1.82, 2.24) is 0 Å². The van der Waals surface area contributed by atoms with Crippen molar-refractivity contribution in [3.05, 3.63) is 115 Å². The maximum absolute atomic E-state index is 7.55. The van der Waals surface area contributed by atoms with Crippen molar-refractivity contribution in [3.63, 3.8) is 0 Å². The zero-order chi connectivity index (χ0) is 50.3. The summed E-state index contributed by atoms with van der Waals surface area (Å²) >= 11 is 0. The van der Waals surface area contributed by atoms with Crippen molar-refractivity contribution in [2.24, 2.45) is 0 Å². The molecular formula is C62H84O8. The van der Waals surface area contributed by atoms with Gasteiger partial charge in [-0.05, 0) is 116 Å². The summed E-state index contributed by atoms with van der Waals surface area (Å²) in [5.41, 5.74) is 12.3. The minimum atomic E-state index is -0.746. The van der Waals surface area contributed by atoms with Crippen molar-refractivity contribution < 1.29 is 37.9 Å². The van der Waals surface area contributed by atoms with Crippen LogP contribution in [0.25, 0.3) is 0 Å². The molecule has 0 amide bonds. The van der Waals surface area contributed by atoms with Gasteiger partial charge in [-0.2, -0.15) is 0 Å². The fourth-order valence-corrected chi connectivity index (χ4v) is 12.1. The molecule has 4 fully saturated rings. The first-order valence-electron chi connectivity index (χ1n) is 26.5. The molecule has 4 aromatic carbocycles. The molecule has 2 aliphatic heterocycles. The first kappa shape index (κ1) is 50.8. The smallest absolute Gasteiger partial charge is 0.170 e. The first-order chi connectivity index (χ1) is 32.9. The molecule has 8 heteroatoms. The van der Waals surface area contributed by atoms with Crippen LogP contribution in [0, 0.1) is 0 Å². The van der Waals surface area contributed by atoms with Gasteiger partial charge in [0.25, 0.3) is 0 Å². The topological polar surface area (TPSA) is 73.8 Å². The average molecular weight is 957 g/mol. The maximum Gasteiger partial charge on any atom is 0.170 e. The van der Waals surface area contributed by atoms with Crippen LogP contribution in [0.4, 0.5) is 0 Å². The predicted molar refractivity (Wildman–Crippen MR) is 279 cm³/mol. The van der Waals surface area contributed by atoms with Crippen LogP contribution in [0.15, 0.2) is 48.5 Å². The van der Waals surface area contributed by atoms with Gasteiger partial charge in [-0.15, -0.1) is 0 Å². The van der Waals surface area contributed by atoms with Crippen molar-refractivity contribution in [1.29, 1.82) is 0 Å². The average Bonchev–Trinajstić information content (AvgIpc) is 3.84. The van der Waals surface area contributed by atoms with Gasteiger partial charge >= 0.3 is 0 Å². The zero-order valence-corrected chi connectivity index (χ0v) is 45.7. The Balaban J connectivity index is 1.42. The van der Waals surface area contributed by atoms with E-state index in [4.69, 9.17) is 37.9 Å². The number of hydrogen-bond acceptors (Lipinski definition) is 8. The molecule has 4 atom stereocenters. The third-order valence-electron chi connectivity index (χ3n) is 16.2. The lowest BCUT2D eigenvalue weighted by atomic mass is 9.78. The van der Waals surface area contributed by atoms with Crippen LogP contribution in [0.2, 0.25) is 0 Å². The van der Waals surface area contributed by atoms with Crippen molar-refractivity contribution >= 4 is 0 Å². The highest BCUT2D eigenvalue weighted by Gasteiger charge is 2.53. The molecule has 2 heterocycles. The fourth-order valence-electron chi connectivity index (χ4n) is 12.1. The molecule has 2 spiro atoms. The van der Waals surface area contributed by atoms with Crippen LogP contribution in [0.3, 0.4) is 0 Å². The SMILES string of the molecule is COc1c2cc(C(C)(C)C)cc1[C@H]1OC3(CCCCC3)O[C@@H]1c1cc(C(C)(C)C)cc(c1OC)Cc1cc(C(C)(C)C)cc(c1OC)[C@@H]1OC3(CCCCC3)O[C@H]1c1cc(C(C)(C)C)cc(c1OC)C2. The summed E-state index contributed by atoms with van der Waals surface area (Å²) in [6.45, 7) is 27.5. The molecule has 0 radical (unpaired) electrons. The third-order valence-corrected chi connectivity index (χ3v) is 16.2. The first-order valence-corrected chi connectivity index (χ1v) is 26.5. The second-order valence-corrected chi connectivity index (χ2v) is 25.5. The quantitative estimate of drug-likeness (QED) is 0.200. The monoisotopic (exact) mass is 957 g/mol. The predicted octanol–water partition coefficient (Wildman–Crippen LogP) is 15.4. The van der Waals surface area contributed by atoms with E-state index in [9.17, 15) is 0 Å². The zero-order valence-electron chi connectivity index (χ0n) is 45.7. The van der Waals surface area contributed by atoms with Crippen LogP contribution in [-0.2, 0) is 53.4 Å². The third kappa shape index (κ3) is 9.42. The Hall–Kier alpha value is -4.08. The minimum absolute atomic E-state index is 0.196. The van der Waals surface area contributed by atoms with Crippen LogP contribution in [-0.4, -0.2) is 40.0 Å². The molecule has 0 N–H and O–H groups in total. The number of ether oxygens (including phenoxy) is 8. The van der Waals surface area contributed by atoms with Gasteiger partial charge in [-0.3, -0.25) is 0 Å². The summed E-state index contributed by atoms with van der Waals surface area (Å²) in [5, 5.41) is 0. The van der Waals surface area contributed by atoms with E-state index in [1.807, 2.05) is 28.4 Å². The molecule has 380 valence electrons. The molecule has 0 unspecified atom stereocenters. The molecule has 0 aromatic heterocycles. The van der Waals surface area contributed by atoms with E-state index in [0.717, 1.165) is 132 Å². The maximum atomic E-state index is 7.55. The standard InChI is InChI=1S/C62H84O8/c1-57(2,3)41-29-37-27-38-30-42(58(4,5)6)35-47(50(38)64-14)55-56(70-62(69-55)25-21-18-22-26-62)48-36-44(60(10,11)12)32-40(52(48)66-16)28-39-31-43(59(7,8)9)34-46(51(39)65-15)54-53(45(33-41)49(37)63-13)67-61(68-54)23-19-17-20-24-61/h29-36,53-56H,17-28H2,1-16H3/t53-,54-,55+,56+. The second-order valence-electron chi connectivity index (χ2n) is 25.5. The Bertz CT molecular complexity index is 2240. The van der Waals surface area contributed by atoms with Crippen LogP contribution < -0.4 is 18.9 Å². The summed E-state index contributed by atoms with van der Waals surface area (Å²) in [5.74, 6) is 1.75. The summed E-state index contributed by atoms with van der Waals surface area (Å²) in [7, 11) is 7.24. The second kappa shape index (κ2) is 18.4. The van der Waals surface area contributed by atoms with Gasteiger partial charge in [0.15, 0.2) is 11.6 Å². The van der Waals surface area contributed by atoms with Gasteiger partial charge in [-0.1, -0.05) is 120 Å². The van der Waals surface area contributed by atoms with Gasteiger partial charge < -0.3 is 37.9 Å². The van der Waals surface area contributed by atoms with Gasteiger partial charge in [0.05, 0.1) is 28.4 Å². The van der Waals surface area contributed by atoms with Crippen molar-refractivity contribution in [2.75, 3.05) is 28.4 Å². The molecule has 70 heavy (non-hydrogen) atoms. The molecule has 2 saturated carbocycles. The number of fused-ring (bicyclic) bond motifs is 14. The molecule has 8 bridgehead atoms. The molecule has 8 nitrogen and oxygen atoms in total. The van der Waals surface area contributed by atoms with E-state index in [-0.39, 0.29) is 21.7 Å². The summed E-state index contributed by atoms with van der Waals surface area (Å²) in [6, 6.07) is 18.7. The number of benzene rings is 4.